The van der Waals surface area contributed by atoms with Crippen LogP contribution in [0.1, 0.15) is 19.8 Å². The number of rotatable bonds is 5. The molecule has 0 aliphatic carbocycles. The van der Waals surface area contributed by atoms with Gasteiger partial charge in [-0.25, -0.2) is 0 Å². The molecule has 8 heteroatoms. The minimum Gasteiger partial charge on any atom is -0.481 e. The number of hydrogen-bond acceptors (Lipinski definition) is 5. The molecule has 2 heterocycles. The summed E-state index contributed by atoms with van der Waals surface area (Å²) in [6.07, 6.45) is -1.05. The van der Waals surface area contributed by atoms with Gasteiger partial charge in [-0.15, -0.1) is 0 Å². The maximum atomic E-state index is 12.5. The fourth-order valence-electron chi connectivity index (χ4n) is 3.22. The van der Waals surface area contributed by atoms with Crippen LogP contribution in [0.3, 0.4) is 0 Å². The number of carbonyl (C=O) groups excluding carboxylic acids is 2. The number of aliphatic carboxylic acids is 1. The van der Waals surface area contributed by atoms with Crippen LogP contribution in [-0.2, 0) is 19.1 Å². The molecule has 1 fully saturated rings. The summed E-state index contributed by atoms with van der Waals surface area (Å²) in [5.41, 5.74) is 0.661. The highest BCUT2D eigenvalue weighted by molar-refractivity contribution is 6.00. The molecule has 0 unspecified atom stereocenters. The van der Waals surface area contributed by atoms with E-state index in [0.717, 1.165) is 0 Å². The number of fused-ring (bicyclic) bond motifs is 1. The third-order valence-electron chi connectivity index (χ3n) is 4.52. The second-order valence-electron chi connectivity index (χ2n) is 6.40. The van der Waals surface area contributed by atoms with Gasteiger partial charge >= 0.3 is 5.97 Å². The van der Waals surface area contributed by atoms with E-state index in [0.29, 0.717) is 24.6 Å². The Bertz CT molecular complexity index is 707. The van der Waals surface area contributed by atoms with E-state index in [1.54, 1.807) is 28.9 Å². The quantitative estimate of drug-likeness (QED) is 0.836. The summed E-state index contributed by atoms with van der Waals surface area (Å²) in [4.78, 5) is 39.0. The van der Waals surface area contributed by atoms with Crippen LogP contribution in [0, 0.1) is 0 Å². The Hall–Kier alpha value is -2.61. The van der Waals surface area contributed by atoms with E-state index >= 15 is 0 Å². The van der Waals surface area contributed by atoms with Crippen molar-refractivity contribution in [2.75, 3.05) is 31.1 Å². The van der Waals surface area contributed by atoms with Crippen molar-refractivity contribution < 1.29 is 29.0 Å². The number of carboxylic acids is 1. The number of benzene rings is 1. The molecule has 8 nitrogen and oxygen atoms in total. The summed E-state index contributed by atoms with van der Waals surface area (Å²) in [7, 11) is 0. The first-order valence-electron chi connectivity index (χ1n) is 8.64. The van der Waals surface area contributed by atoms with Gasteiger partial charge < -0.3 is 24.4 Å². The van der Waals surface area contributed by atoms with Crippen molar-refractivity contribution in [3.8, 4) is 5.75 Å². The van der Waals surface area contributed by atoms with Crippen molar-refractivity contribution in [1.29, 1.82) is 0 Å². The Labute approximate surface area is 151 Å². The molecule has 0 aromatic heterocycles. The third-order valence-corrected chi connectivity index (χ3v) is 4.52. The molecule has 0 saturated carbocycles. The highest BCUT2D eigenvalue weighted by Gasteiger charge is 2.32. The second kappa shape index (κ2) is 7.74. The topological polar surface area (TPSA) is 96.4 Å². The molecular formula is C18H22N2O6. The van der Waals surface area contributed by atoms with Gasteiger partial charge in [0.25, 0.3) is 5.91 Å². The van der Waals surface area contributed by atoms with E-state index in [9.17, 15) is 14.4 Å². The molecule has 2 amide bonds. The third kappa shape index (κ3) is 3.96. The van der Waals surface area contributed by atoms with Gasteiger partial charge in [0, 0.05) is 26.1 Å². The molecule has 1 aromatic carbocycles. The Morgan fingerprint density at radius 3 is 2.85 bits per heavy atom. The Morgan fingerprint density at radius 1 is 1.31 bits per heavy atom. The van der Waals surface area contributed by atoms with Gasteiger partial charge in [-0.05, 0) is 19.1 Å². The van der Waals surface area contributed by atoms with E-state index in [-0.39, 0.29) is 37.7 Å². The van der Waals surface area contributed by atoms with Crippen molar-refractivity contribution in [3.63, 3.8) is 0 Å². The van der Waals surface area contributed by atoms with Gasteiger partial charge in [0.15, 0.2) is 6.10 Å². The van der Waals surface area contributed by atoms with E-state index in [1.165, 1.54) is 0 Å². The molecule has 1 saturated heterocycles. The van der Waals surface area contributed by atoms with Crippen LogP contribution in [0.25, 0.3) is 0 Å². The monoisotopic (exact) mass is 362 g/mol. The summed E-state index contributed by atoms with van der Waals surface area (Å²) in [5.74, 6) is -0.621. The van der Waals surface area contributed by atoms with Gasteiger partial charge in [0.1, 0.15) is 5.75 Å². The molecule has 2 aliphatic rings. The second-order valence-corrected chi connectivity index (χ2v) is 6.40. The molecular weight excluding hydrogens is 340 g/mol. The molecule has 140 valence electrons. The average molecular weight is 362 g/mol. The van der Waals surface area contributed by atoms with Crippen LogP contribution in [0.2, 0.25) is 0 Å². The first-order valence-corrected chi connectivity index (χ1v) is 8.64. The number of nitrogens with zero attached hydrogens (tertiary/aromatic N) is 2. The summed E-state index contributed by atoms with van der Waals surface area (Å²) in [5, 5.41) is 8.87. The predicted molar refractivity (Wildman–Crippen MR) is 92.1 cm³/mol. The molecule has 26 heavy (non-hydrogen) atoms. The number of hydrogen-bond donors (Lipinski definition) is 1. The molecule has 3 rings (SSSR count). The standard InChI is InChI=1S/C18H22N2O6/c1-12-18(24)20(14-4-2-3-5-15(14)26-12)7-6-16(21)19-8-9-25-13(11-19)10-17(22)23/h2-5,12-13H,6-11H2,1H3,(H,22,23)/t12-,13-/m1/s1. The van der Waals surface area contributed by atoms with Crippen LogP contribution < -0.4 is 9.64 Å². The van der Waals surface area contributed by atoms with Crippen LogP contribution in [-0.4, -0.2) is 66.2 Å². The van der Waals surface area contributed by atoms with E-state index in [1.807, 2.05) is 12.1 Å². The van der Waals surface area contributed by atoms with Crippen LogP contribution >= 0.6 is 0 Å². The lowest BCUT2D eigenvalue weighted by atomic mass is 10.1. The molecule has 2 atom stereocenters. The molecule has 2 aliphatic heterocycles. The lowest BCUT2D eigenvalue weighted by Gasteiger charge is -2.35. The van der Waals surface area contributed by atoms with Crippen molar-refractivity contribution in [2.45, 2.75) is 32.0 Å². The predicted octanol–water partition coefficient (Wildman–Crippen LogP) is 0.893. The number of anilines is 1. The Balaban J connectivity index is 1.62. The summed E-state index contributed by atoms with van der Waals surface area (Å²) in [6, 6.07) is 7.24. The van der Waals surface area contributed by atoms with Crippen LogP contribution in [0.15, 0.2) is 24.3 Å². The van der Waals surface area contributed by atoms with E-state index in [2.05, 4.69) is 0 Å². The summed E-state index contributed by atoms with van der Waals surface area (Å²) >= 11 is 0. The van der Waals surface area contributed by atoms with Gasteiger partial charge in [-0.1, -0.05) is 12.1 Å². The van der Waals surface area contributed by atoms with Crippen molar-refractivity contribution >= 4 is 23.5 Å². The molecule has 0 bridgehead atoms. The largest absolute Gasteiger partial charge is 0.481 e. The minimum absolute atomic E-state index is 0.117. The lowest BCUT2D eigenvalue weighted by molar-refractivity contribution is -0.147. The van der Waals surface area contributed by atoms with E-state index in [4.69, 9.17) is 14.6 Å². The normalized spacial score (nSPS) is 22.6. The highest BCUT2D eigenvalue weighted by Crippen LogP contribution is 2.33. The molecule has 0 spiro atoms. The summed E-state index contributed by atoms with van der Waals surface area (Å²) < 4.78 is 11.0. The van der Waals surface area contributed by atoms with Crippen molar-refractivity contribution in [3.05, 3.63) is 24.3 Å². The molecule has 0 radical (unpaired) electrons. The van der Waals surface area contributed by atoms with Gasteiger partial charge in [0.05, 0.1) is 24.8 Å². The maximum absolute atomic E-state index is 12.5. The Kier molecular flexibility index (Phi) is 5.41. The first-order chi connectivity index (χ1) is 12.5. The number of ether oxygens (including phenoxy) is 2. The maximum Gasteiger partial charge on any atom is 0.306 e. The van der Waals surface area contributed by atoms with Crippen LogP contribution in [0.5, 0.6) is 5.75 Å². The van der Waals surface area contributed by atoms with Crippen molar-refractivity contribution in [2.24, 2.45) is 0 Å². The number of amides is 2. The average Bonchev–Trinajstić information content (AvgIpc) is 2.61. The molecule has 1 aromatic rings. The zero-order valence-electron chi connectivity index (χ0n) is 14.6. The number of carbonyl (C=O) groups is 3. The van der Waals surface area contributed by atoms with Crippen molar-refractivity contribution in [1.82, 2.24) is 4.90 Å². The lowest BCUT2D eigenvalue weighted by Crippen LogP contribution is -2.49. The first kappa shape index (κ1) is 18.2. The summed E-state index contributed by atoms with van der Waals surface area (Å²) in [6.45, 7) is 2.95. The van der Waals surface area contributed by atoms with E-state index < -0.39 is 18.2 Å². The fraction of sp³-hybridized carbons (Fsp3) is 0.500. The smallest absolute Gasteiger partial charge is 0.306 e. The van der Waals surface area contributed by atoms with Gasteiger partial charge in [-0.3, -0.25) is 14.4 Å². The number of carboxylic acid groups (broad SMARTS) is 1. The SMILES string of the molecule is C[C@H]1Oc2ccccc2N(CCC(=O)N2CCO[C@H](CC(=O)O)C2)C1=O. The van der Waals surface area contributed by atoms with Gasteiger partial charge in [0.2, 0.25) is 5.91 Å². The zero-order valence-corrected chi connectivity index (χ0v) is 14.6. The Morgan fingerprint density at radius 2 is 2.08 bits per heavy atom. The zero-order chi connectivity index (χ0) is 18.7. The number of morpholine rings is 1. The van der Waals surface area contributed by atoms with Crippen LogP contribution in [0.4, 0.5) is 5.69 Å². The van der Waals surface area contributed by atoms with Gasteiger partial charge in [-0.2, -0.15) is 0 Å². The number of para-hydroxylation sites is 2. The fourth-order valence-corrected chi connectivity index (χ4v) is 3.22. The highest BCUT2D eigenvalue weighted by atomic mass is 16.5. The minimum atomic E-state index is -0.950. The molecule has 1 N–H and O–H groups in total.